The minimum Gasteiger partial charge on any atom is -0.477 e. The number of hydrogen-bond donors (Lipinski definition) is 1. The lowest BCUT2D eigenvalue weighted by molar-refractivity contribution is -0.142. The molecule has 1 N–H and O–H groups in total. The quantitative estimate of drug-likeness (QED) is 0.835. The van der Waals surface area contributed by atoms with Crippen LogP contribution in [0.15, 0.2) is 6.07 Å². The van der Waals surface area contributed by atoms with E-state index in [1.165, 1.54) is 16.2 Å². The Balaban J connectivity index is 1.83. The van der Waals surface area contributed by atoms with Gasteiger partial charge in [-0.2, -0.15) is 0 Å². The molecule has 2 aliphatic rings. The summed E-state index contributed by atoms with van der Waals surface area (Å²) in [5.41, 5.74) is 0.750. The maximum absolute atomic E-state index is 11.8. The van der Waals surface area contributed by atoms with Gasteiger partial charge in [0, 0.05) is 4.88 Å². The van der Waals surface area contributed by atoms with Crippen molar-refractivity contribution < 1.29 is 19.5 Å². The Morgan fingerprint density at radius 1 is 1.44 bits per heavy atom. The van der Waals surface area contributed by atoms with E-state index in [0.717, 1.165) is 10.4 Å². The Hall–Kier alpha value is -1.69. The van der Waals surface area contributed by atoms with E-state index >= 15 is 0 Å². The van der Waals surface area contributed by atoms with Crippen LogP contribution in [0, 0.1) is 18.8 Å². The van der Waals surface area contributed by atoms with Crippen LogP contribution in [0.5, 0.6) is 0 Å². The van der Waals surface area contributed by atoms with Gasteiger partial charge in [0.2, 0.25) is 11.8 Å². The lowest BCUT2D eigenvalue weighted by atomic mass is 10.2. The van der Waals surface area contributed by atoms with E-state index < -0.39 is 5.97 Å². The van der Waals surface area contributed by atoms with Gasteiger partial charge < -0.3 is 5.11 Å². The third kappa shape index (κ3) is 1.56. The predicted molar refractivity (Wildman–Crippen MR) is 63.2 cm³/mol. The summed E-state index contributed by atoms with van der Waals surface area (Å²) in [5.74, 6) is -1.39. The van der Waals surface area contributed by atoms with Crippen molar-refractivity contribution in [3.8, 4) is 0 Å². The van der Waals surface area contributed by atoms with Crippen molar-refractivity contribution in [2.24, 2.45) is 11.8 Å². The molecule has 18 heavy (non-hydrogen) atoms. The second kappa shape index (κ2) is 3.65. The van der Waals surface area contributed by atoms with Crippen molar-refractivity contribution in [2.75, 3.05) is 0 Å². The van der Waals surface area contributed by atoms with E-state index in [4.69, 9.17) is 5.11 Å². The third-order valence-corrected chi connectivity index (χ3v) is 4.60. The Bertz CT molecular complexity index is 557. The highest BCUT2D eigenvalue weighted by atomic mass is 32.1. The van der Waals surface area contributed by atoms with E-state index in [1.807, 2.05) is 0 Å². The first-order valence-corrected chi connectivity index (χ1v) is 6.48. The molecule has 2 fully saturated rings. The number of piperidine rings is 1. The highest BCUT2D eigenvalue weighted by molar-refractivity contribution is 7.14. The van der Waals surface area contributed by atoms with Crippen LogP contribution >= 0.6 is 11.3 Å². The third-order valence-electron chi connectivity index (χ3n) is 3.52. The van der Waals surface area contributed by atoms with E-state index in [9.17, 15) is 14.4 Å². The molecule has 3 rings (SSSR count). The monoisotopic (exact) mass is 265 g/mol. The van der Waals surface area contributed by atoms with Crippen molar-refractivity contribution in [3.05, 3.63) is 21.4 Å². The summed E-state index contributed by atoms with van der Waals surface area (Å²) in [6.45, 7) is 2.01. The van der Waals surface area contributed by atoms with Gasteiger partial charge in [-0.25, -0.2) is 4.79 Å². The molecule has 1 aromatic rings. The first-order valence-electron chi connectivity index (χ1n) is 5.67. The molecule has 2 unspecified atom stereocenters. The molecule has 0 bridgehead atoms. The average molecular weight is 265 g/mol. The summed E-state index contributed by atoms with van der Waals surface area (Å²) in [6, 6.07) is 1.55. The number of carboxylic acid groups (broad SMARTS) is 1. The summed E-state index contributed by atoms with van der Waals surface area (Å²) >= 11 is 1.17. The van der Waals surface area contributed by atoms with Crippen molar-refractivity contribution >= 4 is 29.1 Å². The number of thiophene rings is 1. The maximum Gasteiger partial charge on any atom is 0.345 e. The van der Waals surface area contributed by atoms with Crippen LogP contribution in [0.2, 0.25) is 0 Å². The number of amides is 2. The summed E-state index contributed by atoms with van der Waals surface area (Å²) in [5, 5.41) is 8.90. The van der Waals surface area contributed by atoms with Crippen LogP contribution in [0.3, 0.4) is 0 Å². The molecule has 2 atom stereocenters. The summed E-state index contributed by atoms with van der Waals surface area (Å²) < 4.78 is 0. The number of aromatic carboxylic acids is 1. The molecule has 0 spiro atoms. The molecule has 1 aromatic heterocycles. The fourth-order valence-corrected chi connectivity index (χ4v) is 3.23. The van der Waals surface area contributed by atoms with Gasteiger partial charge in [-0.3, -0.25) is 14.5 Å². The molecular formula is C12H11NO4S. The zero-order valence-electron chi connectivity index (χ0n) is 9.67. The van der Waals surface area contributed by atoms with Crippen molar-refractivity contribution in [2.45, 2.75) is 19.9 Å². The van der Waals surface area contributed by atoms with Crippen LogP contribution in [0.4, 0.5) is 0 Å². The molecule has 5 nitrogen and oxygen atoms in total. The lowest BCUT2D eigenvalue weighted by Crippen LogP contribution is -2.32. The Morgan fingerprint density at radius 2 is 2.06 bits per heavy atom. The van der Waals surface area contributed by atoms with E-state index in [2.05, 4.69) is 0 Å². The smallest absolute Gasteiger partial charge is 0.345 e. The highest BCUT2D eigenvalue weighted by Gasteiger charge is 2.58. The Labute approximate surface area is 107 Å². The number of aryl methyl sites for hydroxylation is 1. The molecule has 1 saturated heterocycles. The van der Waals surface area contributed by atoms with Gasteiger partial charge in [-0.05, 0) is 25.0 Å². The first kappa shape index (κ1) is 11.4. The minimum atomic E-state index is -0.976. The summed E-state index contributed by atoms with van der Waals surface area (Å²) in [4.78, 5) is 36.8. The number of likely N-dealkylation sites (tertiary alicyclic amines) is 1. The molecule has 1 aliphatic heterocycles. The first-order chi connectivity index (χ1) is 8.49. The number of carbonyl (C=O) groups excluding carboxylic acids is 2. The number of fused-ring (bicyclic) bond motifs is 1. The van der Waals surface area contributed by atoms with Crippen LogP contribution in [-0.2, 0) is 16.1 Å². The van der Waals surface area contributed by atoms with Crippen LogP contribution in [0.25, 0.3) is 0 Å². The van der Waals surface area contributed by atoms with Gasteiger partial charge in [-0.15, -0.1) is 11.3 Å². The van der Waals surface area contributed by atoms with E-state index in [-0.39, 0.29) is 35.1 Å². The van der Waals surface area contributed by atoms with Gasteiger partial charge in [-0.1, -0.05) is 0 Å². The predicted octanol–water partition coefficient (Wildman–Crippen LogP) is 1.26. The molecule has 94 valence electrons. The number of carboxylic acids is 1. The molecule has 2 heterocycles. The molecule has 0 radical (unpaired) electrons. The molecule has 1 aliphatic carbocycles. The van der Waals surface area contributed by atoms with E-state index in [0.29, 0.717) is 6.42 Å². The molecule has 2 amide bonds. The molecule has 6 heteroatoms. The highest BCUT2D eigenvalue weighted by Crippen LogP contribution is 2.47. The number of imide groups is 1. The van der Waals surface area contributed by atoms with Crippen LogP contribution in [-0.4, -0.2) is 27.8 Å². The molecule has 1 saturated carbocycles. The standard InChI is InChI=1S/C12H11NO4S/c1-5-6(2-9(18-5)12(16)17)4-13-10(14)7-3-8(7)11(13)15/h2,7-8H,3-4H2,1H3,(H,16,17). The van der Waals surface area contributed by atoms with Gasteiger partial charge in [0.15, 0.2) is 0 Å². The van der Waals surface area contributed by atoms with Crippen LogP contribution in [0.1, 0.15) is 26.5 Å². The zero-order chi connectivity index (χ0) is 13.0. The Kier molecular flexibility index (Phi) is 2.31. The van der Waals surface area contributed by atoms with Crippen molar-refractivity contribution in [3.63, 3.8) is 0 Å². The number of nitrogens with zero attached hydrogens (tertiary/aromatic N) is 1. The van der Waals surface area contributed by atoms with Crippen molar-refractivity contribution in [1.82, 2.24) is 4.90 Å². The molecular weight excluding hydrogens is 254 g/mol. The maximum atomic E-state index is 11.8. The van der Waals surface area contributed by atoms with E-state index in [1.54, 1.807) is 13.0 Å². The second-order valence-electron chi connectivity index (χ2n) is 4.71. The fourth-order valence-electron chi connectivity index (χ4n) is 2.36. The largest absolute Gasteiger partial charge is 0.477 e. The van der Waals surface area contributed by atoms with Gasteiger partial charge in [0.25, 0.3) is 0 Å². The fraction of sp³-hybridized carbons (Fsp3) is 0.417. The zero-order valence-corrected chi connectivity index (χ0v) is 10.5. The summed E-state index contributed by atoms with van der Waals surface area (Å²) in [6.07, 6.45) is 0.692. The van der Waals surface area contributed by atoms with Gasteiger partial charge in [0.05, 0.1) is 18.4 Å². The average Bonchev–Trinajstić information content (AvgIpc) is 2.97. The lowest BCUT2D eigenvalue weighted by Gasteiger charge is -2.15. The molecule has 0 aromatic carbocycles. The van der Waals surface area contributed by atoms with Crippen LogP contribution < -0.4 is 0 Å². The minimum absolute atomic E-state index is 0.101. The van der Waals surface area contributed by atoms with Gasteiger partial charge in [0.1, 0.15) is 4.88 Å². The Morgan fingerprint density at radius 3 is 2.56 bits per heavy atom. The number of rotatable bonds is 3. The second-order valence-corrected chi connectivity index (χ2v) is 5.96. The van der Waals surface area contributed by atoms with Crippen molar-refractivity contribution in [1.29, 1.82) is 0 Å². The normalized spacial score (nSPS) is 25.5. The number of carbonyl (C=O) groups is 3. The number of hydrogen-bond acceptors (Lipinski definition) is 4. The van der Waals surface area contributed by atoms with Gasteiger partial charge >= 0.3 is 5.97 Å². The topological polar surface area (TPSA) is 74.7 Å². The summed E-state index contributed by atoms with van der Waals surface area (Å²) in [7, 11) is 0. The SMILES string of the molecule is Cc1sc(C(=O)O)cc1CN1C(=O)C2CC2C1=O.